The van der Waals surface area contributed by atoms with Gasteiger partial charge in [0.2, 0.25) is 0 Å². The third-order valence-electron chi connectivity index (χ3n) is 4.25. The van der Waals surface area contributed by atoms with E-state index >= 15 is 0 Å². The molecular weight excluding hydrogens is 402 g/mol. The smallest absolute Gasteiger partial charge is 0.262 e. The molecule has 3 nitrogen and oxygen atoms in total. The van der Waals surface area contributed by atoms with Gasteiger partial charge in [-0.25, -0.2) is 0 Å². The lowest BCUT2D eigenvalue weighted by molar-refractivity contribution is 0.0989. The van der Waals surface area contributed by atoms with Crippen LogP contribution in [0.4, 0.5) is 5.69 Å². The second-order valence-electron chi connectivity index (χ2n) is 6.35. The Morgan fingerprint density at radius 1 is 1.22 bits per heavy atom. The van der Waals surface area contributed by atoms with Gasteiger partial charge in [-0.05, 0) is 73.0 Å². The van der Waals surface area contributed by atoms with Crippen LogP contribution in [0.3, 0.4) is 0 Å². The zero-order chi connectivity index (χ0) is 20.0. The van der Waals surface area contributed by atoms with E-state index < -0.39 is 0 Å². The topological polar surface area (TPSA) is 29.5 Å². The van der Waals surface area contributed by atoms with Gasteiger partial charge >= 0.3 is 0 Å². The van der Waals surface area contributed by atoms with Crippen molar-refractivity contribution in [1.29, 1.82) is 0 Å². The third-order valence-corrected chi connectivity index (χ3v) is 4.84. The van der Waals surface area contributed by atoms with Crippen LogP contribution >= 0.6 is 15.9 Å². The molecule has 0 aromatic heterocycles. The summed E-state index contributed by atoms with van der Waals surface area (Å²) in [5.41, 5.74) is 3.35. The van der Waals surface area contributed by atoms with E-state index in [9.17, 15) is 4.79 Å². The van der Waals surface area contributed by atoms with Gasteiger partial charge in [0.25, 0.3) is 5.91 Å². The lowest BCUT2D eigenvalue weighted by Crippen LogP contribution is -2.32. The first kappa shape index (κ1) is 21.0. The molecule has 0 N–H and O–H groups in total. The molecule has 1 heterocycles. The maximum absolute atomic E-state index is 13.1. The number of hydrogen-bond donors (Lipinski definition) is 0. The van der Waals surface area contributed by atoms with E-state index in [1.165, 1.54) is 0 Å². The molecule has 0 bridgehead atoms. The van der Waals surface area contributed by atoms with Crippen molar-refractivity contribution in [3.8, 4) is 11.5 Å². The number of ether oxygens (including phenoxy) is 1. The van der Waals surface area contributed by atoms with Crippen LogP contribution in [0.1, 0.15) is 43.1 Å². The van der Waals surface area contributed by atoms with Crippen LogP contribution in [0.5, 0.6) is 11.5 Å². The van der Waals surface area contributed by atoms with Crippen LogP contribution in [-0.2, 0) is 0 Å². The van der Waals surface area contributed by atoms with Crippen molar-refractivity contribution < 1.29 is 9.53 Å². The number of carbonyl (C=O) groups is 1. The van der Waals surface area contributed by atoms with Gasteiger partial charge in [0, 0.05) is 6.54 Å². The summed E-state index contributed by atoms with van der Waals surface area (Å²) in [5, 5.41) is 0. The van der Waals surface area contributed by atoms with Crippen molar-refractivity contribution in [2.75, 3.05) is 11.4 Å². The largest absolute Gasteiger partial charge is 0.453 e. The first-order valence-corrected chi connectivity index (χ1v) is 9.85. The number of carbonyl (C=O) groups excluding carboxylic acids is 1. The lowest BCUT2D eigenvalue weighted by Gasteiger charge is -2.22. The Kier molecular flexibility index (Phi) is 7.43. The molecule has 4 heteroatoms. The predicted octanol–water partition coefficient (Wildman–Crippen LogP) is 7.06. The molecule has 1 aliphatic rings. The molecule has 0 radical (unpaired) electrons. The molecule has 2 aromatic carbocycles. The summed E-state index contributed by atoms with van der Waals surface area (Å²) in [4.78, 5) is 14.9. The first-order valence-electron chi connectivity index (χ1n) is 9.05. The molecule has 0 fully saturated rings. The fraction of sp³-hybridized carbons (Fsp3) is 0.261. The summed E-state index contributed by atoms with van der Waals surface area (Å²) < 4.78 is 6.85. The average molecular weight is 428 g/mol. The molecule has 2 aromatic rings. The highest BCUT2D eigenvalue weighted by Gasteiger charge is 2.29. The minimum Gasteiger partial charge on any atom is -0.453 e. The Hall–Kier alpha value is -2.33. The van der Waals surface area contributed by atoms with Crippen LogP contribution in [0.15, 0.2) is 65.2 Å². The van der Waals surface area contributed by atoms with E-state index in [0.717, 1.165) is 27.7 Å². The van der Waals surface area contributed by atoms with Crippen LogP contribution < -0.4 is 9.64 Å². The van der Waals surface area contributed by atoms with E-state index in [1.807, 2.05) is 76.2 Å². The molecule has 142 valence electrons. The number of amides is 1. The molecule has 1 aliphatic heterocycles. The van der Waals surface area contributed by atoms with Gasteiger partial charge in [-0.2, -0.15) is 0 Å². The Morgan fingerprint density at radius 2 is 1.89 bits per heavy atom. The predicted molar refractivity (Wildman–Crippen MR) is 117 cm³/mol. The van der Waals surface area contributed by atoms with E-state index in [2.05, 4.69) is 22.5 Å². The Balaban J connectivity index is 0.000000596. The third kappa shape index (κ3) is 4.89. The number of benzene rings is 2. The second kappa shape index (κ2) is 9.56. The van der Waals surface area contributed by atoms with Crippen LogP contribution in [0.2, 0.25) is 0 Å². The molecule has 0 aliphatic carbocycles. The summed E-state index contributed by atoms with van der Waals surface area (Å²) in [6.07, 6.45) is 4.83. The highest BCUT2D eigenvalue weighted by molar-refractivity contribution is 9.10. The Morgan fingerprint density at radius 3 is 2.52 bits per heavy atom. The summed E-state index contributed by atoms with van der Waals surface area (Å²) in [6.45, 7) is 12.5. The molecular formula is C23H26BrNO2. The molecule has 0 saturated carbocycles. The van der Waals surface area contributed by atoms with E-state index in [0.29, 0.717) is 23.6 Å². The van der Waals surface area contributed by atoms with Gasteiger partial charge < -0.3 is 9.64 Å². The minimum absolute atomic E-state index is 0.0658. The quantitative estimate of drug-likeness (QED) is 0.490. The molecule has 0 saturated heterocycles. The molecule has 0 atom stereocenters. The van der Waals surface area contributed by atoms with Crippen molar-refractivity contribution in [2.45, 2.75) is 34.1 Å². The zero-order valence-corrected chi connectivity index (χ0v) is 18.0. The van der Waals surface area contributed by atoms with E-state index in [-0.39, 0.29) is 5.91 Å². The Labute approximate surface area is 170 Å². The van der Waals surface area contributed by atoms with Crippen LogP contribution in [0.25, 0.3) is 0 Å². The van der Waals surface area contributed by atoms with Gasteiger partial charge in [-0.1, -0.05) is 43.4 Å². The number of hydrogen-bond acceptors (Lipinski definition) is 2. The number of allylic oxidation sites excluding steroid dienone is 2. The number of rotatable bonds is 3. The summed E-state index contributed by atoms with van der Waals surface area (Å²) in [6, 6.07) is 11.4. The monoisotopic (exact) mass is 427 g/mol. The summed E-state index contributed by atoms with van der Waals surface area (Å²) in [5.74, 6) is 1.18. The fourth-order valence-corrected chi connectivity index (χ4v) is 3.27. The minimum atomic E-state index is -0.0658. The van der Waals surface area contributed by atoms with Crippen LogP contribution in [-0.4, -0.2) is 12.5 Å². The SMILES string of the molecule is C/C=C\C.C=C(CC)CN1C(=O)c2cc(C)cc(Br)c2Oc2ccccc21. The molecule has 1 amide bonds. The average Bonchev–Trinajstić information content (AvgIpc) is 2.78. The Bertz CT molecular complexity index is 867. The van der Waals surface area contributed by atoms with Gasteiger partial charge in [-0.15, -0.1) is 0 Å². The summed E-state index contributed by atoms with van der Waals surface area (Å²) in [7, 11) is 0. The molecule has 0 spiro atoms. The molecule has 27 heavy (non-hydrogen) atoms. The normalized spacial score (nSPS) is 12.5. The van der Waals surface area contributed by atoms with Gasteiger partial charge in [0.1, 0.15) is 0 Å². The fourth-order valence-electron chi connectivity index (χ4n) is 2.62. The number of aryl methyl sites for hydroxylation is 1. The van der Waals surface area contributed by atoms with Gasteiger partial charge in [0.05, 0.1) is 15.7 Å². The number of fused-ring (bicyclic) bond motifs is 2. The van der Waals surface area contributed by atoms with Crippen molar-refractivity contribution in [3.63, 3.8) is 0 Å². The van der Waals surface area contributed by atoms with E-state index in [4.69, 9.17) is 4.74 Å². The lowest BCUT2D eigenvalue weighted by atomic mass is 10.1. The number of halogens is 1. The highest BCUT2D eigenvalue weighted by atomic mass is 79.9. The van der Waals surface area contributed by atoms with Crippen molar-refractivity contribution in [3.05, 3.63) is 76.3 Å². The molecule has 0 unspecified atom stereocenters. The van der Waals surface area contributed by atoms with Gasteiger partial charge in [-0.3, -0.25) is 4.79 Å². The van der Waals surface area contributed by atoms with Crippen molar-refractivity contribution in [2.24, 2.45) is 0 Å². The summed E-state index contributed by atoms with van der Waals surface area (Å²) >= 11 is 3.52. The zero-order valence-electron chi connectivity index (χ0n) is 16.4. The van der Waals surface area contributed by atoms with Crippen molar-refractivity contribution in [1.82, 2.24) is 0 Å². The standard InChI is InChI=1S/C19H18BrNO2.C4H8/c1-4-12(2)11-21-16-7-5-6-8-17(16)23-18-14(19(21)22)9-13(3)10-15(18)20;1-3-4-2/h5-10H,2,4,11H2,1,3H3;3-4H,1-2H3/b;4-3-. The number of para-hydroxylation sites is 2. The van der Waals surface area contributed by atoms with Crippen molar-refractivity contribution >= 4 is 27.5 Å². The molecule has 3 rings (SSSR count). The highest BCUT2D eigenvalue weighted by Crippen LogP contribution is 2.42. The maximum atomic E-state index is 13.1. The van der Waals surface area contributed by atoms with Crippen LogP contribution in [0, 0.1) is 6.92 Å². The maximum Gasteiger partial charge on any atom is 0.262 e. The van der Waals surface area contributed by atoms with E-state index in [1.54, 1.807) is 4.90 Å². The first-order chi connectivity index (χ1) is 12.9. The number of anilines is 1. The second-order valence-corrected chi connectivity index (χ2v) is 7.21. The number of nitrogens with zero attached hydrogens (tertiary/aromatic N) is 1. The van der Waals surface area contributed by atoms with Gasteiger partial charge in [0.15, 0.2) is 11.5 Å².